The fourth-order valence-electron chi connectivity index (χ4n) is 1.96. The number of rotatable bonds is 5. The number of amides is 1. The molecule has 0 unspecified atom stereocenters. The molecule has 94 valence electrons. The summed E-state index contributed by atoms with van der Waals surface area (Å²) in [5.41, 5.74) is 2.56. The van der Waals surface area contributed by atoms with Crippen molar-refractivity contribution >= 4 is 5.91 Å². The molecule has 0 aliphatic carbocycles. The van der Waals surface area contributed by atoms with E-state index in [9.17, 15) is 4.79 Å². The maximum Gasteiger partial charge on any atom is 0.217 e. The van der Waals surface area contributed by atoms with Gasteiger partial charge in [0, 0.05) is 6.92 Å². The van der Waals surface area contributed by atoms with Gasteiger partial charge in [-0.25, -0.2) is 0 Å². The summed E-state index contributed by atoms with van der Waals surface area (Å²) in [6, 6.07) is 8.75. The molecule has 0 aliphatic heterocycles. The average molecular weight is 233 g/mol. The van der Waals surface area contributed by atoms with E-state index in [4.69, 9.17) is 0 Å². The van der Waals surface area contributed by atoms with E-state index in [0.717, 1.165) is 12.8 Å². The van der Waals surface area contributed by atoms with Crippen LogP contribution in [0.25, 0.3) is 0 Å². The Balaban J connectivity index is 2.81. The highest BCUT2D eigenvalue weighted by Crippen LogP contribution is 2.22. The molecule has 1 aromatic rings. The Kier molecular flexibility index (Phi) is 5.20. The van der Waals surface area contributed by atoms with Gasteiger partial charge in [-0.15, -0.1) is 0 Å². The van der Waals surface area contributed by atoms with Crippen LogP contribution in [0.5, 0.6) is 0 Å². The van der Waals surface area contributed by atoms with E-state index < -0.39 is 0 Å². The molecule has 1 aromatic carbocycles. The lowest BCUT2D eigenvalue weighted by atomic mass is 9.95. The third-order valence-electron chi connectivity index (χ3n) is 3.31. The molecule has 17 heavy (non-hydrogen) atoms. The van der Waals surface area contributed by atoms with Gasteiger partial charge in [-0.1, -0.05) is 45.0 Å². The summed E-state index contributed by atoms with van der Waals surface area (Å²) in [6.45, 7) is 8.09. The number of benzene rings is 1. The Morgan fingerprint density at radius 3 is 2.06 bits per heavy atom. The summed E-state index contributed by atoms with van der Waals surface area (Å²) in [4.78, 5) is 11.1. The predicted octanol–water partition coefficient (Wildman–Crippen LogP) is 3.79. The quantitative estimate of drug-likeness (QED) is 0.823. The average Bonchev–Trinajstić information content (AvgIpc) is 2.35. The number of carbonyl (C=O) groups excluding carboxylic acids is 1. The van der Waals surface area contributed by atoms with Gasteiger partial charge in [0.15, 0.2) is 0 Å². The highest BCUT2D eigenvalue weighted by Gasteiger charge is 2.10. The second-order valence-corrected chi connectivity index (χ2v) is 4.64. The van der Waals surface area contributed by atoms with Crippen molar-refractivity contribution in [1.82, 2.24) is 5.32 Å². The molecule has 2 heteroatoms. The van der Waals surface area contributed by atoms with Gasteiger partial charge in [0.05, 0.1) is 6.04 Å². The molecule has 0 spiro atoms. The zero-order valence-corrected chi connectivity index (χ0v) is 11.3. The van der Waals surface area contributed by atoms with E-state index in [0.29, 0.717) is 5.92 Å². The molecule has 0 radical (unpaired) electrons. The first-order valence-electron chi connectivity index (χ1n) is 6.45. The van der Waals surface area contributed by atoms with Crippen LogP contribution >= 0.6 is 0 Å². The van der Waals surface area contributed by atoms with E-state index in [2.05, 4.69) is 50.4 Å². The van der Waals surface area contributed by atoms with E-state index in [-0.39, 0.29) is 11.9 Å². The van der Waals surface area contributed by atoms with Crippen LogP contribution in [0.15, 0.2) is 24.3 Å². The molecule has 1 amide bonds. The maximum atomic E-state index is 11.1. The molecule has 0 saturated carbocycles. The molecular weight excluding hydrogens is 210 g/mol. The maximum absolute atomic E-state index is 11.1. The van der Waals surface area contributed by atoms with E-state index in [1.807, 2.05) is 0 Å². The van der Waals surface area contributed by atoms with Crippen LogP contribution in [0.3, 0.4) is 0 Å². The number of hydrogen-bond donors (Lipinski definition) is 1. The van der Waals surface area contributed by atoms with Crippen molar-refractivity contribution in [1.29, 1.82) is 0 Å². The number of carbonyl (C=O) groups is 1. The van der Waals surface area contributed by atoms with Crippen molar-refractivity contribution in [2.75, 3.05) is 0 Å². The SMILES string of the molecule is CC[C@H](C)c1ccc([C@@H](CC)NC(C)=O)cc1. The highest BCUT2D eigenvalue weighted by atomic mass is 16.1. The van der Waals surface area contributed by atoms with E-state index >= 15 is 0 Å². The first-order valence-corrected chi connectivity index (χ1v) is 6.45. The van der Waals surface area contributed by atoms with E-state index in [1.165, 1.54) is 11.1 Å². The molecule has 0 fully saturated rings. The summed E-state index contributed by atoms with van der Waals surface area (Å²) >= 11 is 0. The van der Waals surface area contributed by atoms with Crippen LogP contribution in [0.1, 0.15) is 63.6 Å². The van der Waals surface area contributed by atoms with Gasteiger partial charge in [-0.2, -0.15) is 0 Å². The van der Waals surface area contributed by atoms with Crippen molar-refractivity contribution in [3.05, 3.63) is 35.4 Å². The zero-order chi connectivity index (χ0) is 12.8. The van der Waals surface area contributed by atoms with Crippen molar-refractivity contribution in [3.8, 4) is 0 Å². The zero-order valence-electron chi connectivity index (χ0n) is 11.3. The molecule has 0 saturated heterocycles. The van der Waals surface area contributed by atoms with Crippen LogP contribution in [-0.4, -0.2) is 5.91 Å². The van der Waals surface area contributed by atoms with Crippen molar-refractivity contribution < 1.29 is 4.79 Å². The molecule has 0 bridgehead atoms. The van der Waals surface area contributed by atoms with Gasteiger partial charge in [0.2, 0.25) is 5.91 Å². The molecule has 1 rings (SSSR count). The minimum atomic E-state index is 0.0304. The van der Waals surface area contributed by atoms with Crippen molar-refractivity contribution in [2.24, 2.45) is 0 Å². The Bertz CT molecular complexity index is 356. The largest absolute Gasteiger partial charge is 0.350 e. The summed E-state index contributed by atoms with van der Waals surface area (Å²) in [5.74, 6) is 0.632. The van der Waals surface area contributed by atoms with E-state index in [1.54, 1.807) is 6.92 Å². The van der Waals surface area contributed by atoms with Crippen molar-refractivity contribution in [3.63, 3.8) is 0 Å². The summed E-state index contributed by atoms with van der Waals surface area (Å²) in [7, 11) is 0. The van der Waals surface area contributed by atoms with Gasteiger partial charge >= 0.3 is 0 Å². The number of hydrogen-bond acceptors (Lipinski definition) is 1. The minimum Gasteiger partial charge on any atom is -0.350 e. The first-order chi connectivity index (χ1) is 8.08. The molecule has 2 nitrogen and oxygen atoms in total. The molecular formula is C15H23NO. The molecule has 0 aromatic heterocycles. The van der Waals surface area contributed by atoms with Crippen LogP contribution in [-0.2, 0) is 4.79 Å². The second-order valence-electron chi connectivity index (χ2n) is 4.64. The van der Waals surface area contributed by atoms with Gasteiger partial charge < -0.3 is 5.32 Å². The van der Waals surface area contributed by atoms with Crippen LogP contribution < -0.4 is 5.32 Å². The first kappa shape index (κ1) is 13.8. The fraction of sp³-hybridized carbons (Fsp3) is 0.533. The van der Waals surface area contributed by atoms with Crippen LogP contribution in [0.2, 0.25) is 0 Å². The van der Waals surface area contributed by atoms with Crippen molar-refractivity contribution in [2.45, 2.75) is 52.5 Å². The lowest BCUT2D eigenvalue weighted by molar-refractivity contribution is -0.119. The van der Waals surface area contributed by atoms with Crippen LogP contribution in [0, 0.1) is 0 Å². The summed E-state index contributed by atoms with van der Waals surface area (Å²) in [6.07, 6.45) is 2.07. The molecule has 2 atom stereocenters. The number of nitrogens with one attached hydrogen (secondary N) is 1. The molecule has 0 aliphatic rings. The standard InChI is InChI=1S/C15H23NO/c1-5-11(3)13-7-9-14(10-8-13)15(6-2)16-12(4)17/h7-11,15H,5-6H2,1-4H3,(H,16,17)/t11-,15+/m0/s1. The summed E-state index contributed by atoms with van der Waals surface area (Å²) in [5, 5.41) is 2.97. The smallest absolute Gasteiger partial charge is 0.217 e. The monoisotopic (exact) mass is 233 g/mol. The predicted molar refractivity (Wildman–Crippen MR) is 72.0 cm³/mol. The van der Waals surface area contributed by atoms with Gasteiger partial charge in [0.25, 0.3) is 0 Å². The lowest BCUT2D eigenvalue weighted by Gasteiger charge is -2.17. The van der Waals surface area contributed by atoms with Gasteiger partial charge in [0.1, 0.15) is 0 Å². The normalized spacial score (nSPS) is 14.1. The topological polar surface area (TPSA) is 29.1 Å². The van der Waals surface area contributed by atoms with Crippen LogP contribution in [0.4, 0.5) is 0 Å². The Morgan fingerprint density at radius 1 is 1.12 bits per heavy atom. The fourth-order valence-corrected chi connectivity index (χ4v) is 1.96. The molecule has 1 N–H and O–H groups in total. The third kappa shape index (κ3) is 3.88. The Hall–Kier alpha value is -1.31. The van der Waals surface area contributed by atoms with Gasteiger partial charge in [-0.05, 0) is 29.9 Å². The minimum absolute atomic E-state index is 0.0304. The summed E-state index contributed by atoms with van der Waals surface area (Å²) < 4.78 is 0. The Morgan fingerprint density at radius 2 is 1.65 bits per heavy atom. The third-order valence-corrected chi connectivity index (χ3v) is 3.31. The lowest BCUT2D eigenvalue weighted by Crippen LogP contribution is -2.25. The Labute approximate surface area is 104 Å². The highest BCUT2D eigenvalue weighted by molar-refractivity contribution is 5.73. The van der Waals surface area contributed by atoms with Gasteiger partial charge in [-0.3, -0.25) is 4.79 Å². The molecule has 0 heterocycles. The second kappa shape index (κ2) is 6.43.